The second-order valence-electron chi connectivity index (χ2n) is 24.5. The van der Waals surface area contributed by atoms with Gasteiger partial charge in [-0.05, 0) is 70.6 Å². The molecular weight excluding hydrogens is 985 g/mol. The zero-order valence-corrected chi connectivity index (χ0v) is 54.1. The van der Waals surface area contributed by atoms with E-state index >= 15 is 0 Å². The molecule has 0 rings (SSSR count). The van der Waals surface area contributed by atoms with Crippen molar-refractivity contribution in [2.45, 2.75) is 406 Å². The Morgan fingerprint density at radius 1 is 0.250 bits per heavy atom. The third-order valence-corrected chi connectivity index (χ3v) is 16.4. The molecular formula is C74H138O6. The van der Waals surface area contributed by atoms with Crippen molar-refractivity contribution in [3.8, 4) is 0 Å². The zero-order valence-electron chi connectivity index (χ0n) is 54.1. The first-order chi connectivity index (χ1) is 39.5. The molecule has 0 amide bonds. The highest BCUT2D eigenvalue weighted by atomic mass is 16.6. The number of carbonyl (C=O) groups is 3. The minimum atomic E-state index is -0.779. The van der Waals surface area contributed by atoms with Crippen LogP contribution in [0.4, 0.5) is 0 Å². The summed E-state index contributed by atoms with van der Waals surface area (Å²) in [7, 11) is 0. The van der Waals surface area contributed by atoms with E-state index in [1.54, 1.807) is 0 Å². The van der Waals surface area contributed by atoms with Gasteiger partial charge in [0.1, 0.15) is 13.2 Å². The van der Waals surface area contributed by atoms with Crippen molar-refractivity contribution in [2.24, 2.45) is 0 Å². The van der Waals surface area contributed by atoms with Gasteiger partial charge in [0.05, 0.1) is 0 Å². The number of hydrogen-bond acceptors (Lipinski definition) is 6. The van der Waals surface area contributed by atoms with E-state index < -0.39 is 6.10 Å². The largest absolute Gasteiger partial charge is 0.462 e. The Kier molecular flexibility index (Phi) is 67.1. The van der Waals surface area contributed by atoms with Crippen molar-refractivity contribution in [3.05, 3.63) is 36.5 Å². The van der Waals surface area contributed by atoms with Crippen LogP contribution in [0, 0.1) is 0 Å². The molecule has 0 aliphatic carbocycles. The third-order valence-electron chi connectivity index (χ3n) is 16.4. The van der Waals surface area contributed by atoms with Gasteiger partial charge in [-0.25, -0.2) is 0 Å². The third kappa shape index (κ3) is 66.4. The van der Waals surface area contributed by atoms with Crippen molar-refractivity contribution in [3.63, 3.8) is 0 Å². The Labute approximate surface area is 499 Å². The monoisotopic (exact) mass is 1120 g/mol. The molecule has 0 saturated carbocycles. The molecule has 0 saturated heterocycles. The van der Waals surface area contributed by atoms with Crippen molar-refractivity contribution in [1.29, 1.82) is 0 Å². The van der Waals surface area contributed by atoms with Gasteiger partial charge in [-0.1, -0.05) is 346 Å². The Morgan fingerprint density at radius 3 is 0.738 bits per heavy atom. The van der Waals surface area contributed by atoms with Crippen LogP contribution in [0.25, 0.3) is 0 Å². The minimum Gasteiger partial charge on any atom is -0.462 e. The van der Waals surface area contributed by atoms with Crippen molar-refractivity contribution < 1.29 is 28.6 Å². The lowest BCUT2D eigenvalue weighted by atomic mass is 10.0. The lowest BCUT2D eigenvalue weighted by Gasteiger charge is -2.18. The normalized spacial score (nSPS) is 12.2. The molecule has 80 heavy (non-hydrogen) atoms. The fourth-order valence-electron chi connectivity index (χ4n) is 10.9. The Morgan fingerprint density at radius 2 is 0.463 bits per heavy atom. The van der Waals surface area contributed by atoms with E-state index in [2.05, 4.69) is 57.2 Å². The van der Waals surface area contributed by atoms with E-state index in [1.165, 1.54) is 283 Å². The van der Waals surface area contributed by atoms with E-state index in [0.29, 0.717) is 19.3 Å². The fourth-order valence-corrected chi connectivity index (χ4v) is 10.9. The summed E-state index contributed by atoms with van der Waals surface area (Å²) in [6, 6.07) is 0. The maximum Gasteiger partial charge on any atom is 0.306 e. The molecule has 0 aliphatic rings. The van der Waals surface area contributed by atoms with Crippen LogP contribution in [0.3, 0.4) is 0 Å². The SMILES string of the molecule is CCCC/C=C\C/C=C\CCCCCCCC(=O)OCC(COC(=O)CCCCCCCCCCCCCCCCCCCCCCCCCCCCCCCCC)OC(=O)CCCCCCCCC/C=C\CCCCCCCC. The number of hydrogen-bond donors (Lipinski definition) is 0. The van der Waals surface area contributed by atoms with Crippen molar-refractivity contribution in [2.75, 3.05) is 13.2 Å². The summed E-state index contributed by atoms with van der Waals surface area (Å²) in [5.74, 6) is -0.867. The van der Waals surface area contributed by atoms with Crippen LogP contribution in [0.5, 0.6) is 0 Å². The Balaban J connectivity index is 4.15. The summed E-state index contributed by atoms with van der Waals surface area (Å²) in [6.07, 6.45) is 86.2. The molecule has 0 aromatic heterocycles. The van der Waals surface area contributed by atoms with Gasteiger partial charge in [-0.15, -0.1) is 0 Å². The van der Waals surface area contributed by atoms with Crippen LogP contribution in [0.15, 0.2) is 36.5 Å². The average molecular weight is 1120 g/mol. The molecule has 6 heteroatoms. The molecule has 0 heterocycles. The minimum absolute atomic E-state index is 0.0741. The van der Waals surface area contributed by atoms with E-state index in [1.807, 2.05) is 0 Å². The number of allylic oxidation sites excluding steroid dienone is 6. The number of ether oxygens (including phenoxy) is 3. The van der Waals surface area contributed by atoms with Gasteiger partial charge in [-0.2, -0.15) is 0 Å². The van der Waals surface area contributed by atoms with Crippen molar-refractivity contribution in [1.82, 2.24) is 0 Å². The maximum absolute atomic E-state index is 12.9. The van der Waals surface area contributed by atoms with E-state index in [4.69, 9.17) is 14.2 Å². The first-order valence-corrected chi connectivity index (χ1v) is 36.0. The average Bonchev–Trinajstić information content (AvgIpc) is 3.46. The molecule has 1 unspecified atom stereocenters. The van der Waals surface area contributed by atoms with E-state index in [-0.39, 0.29) is 31.1 Å². The predicted molar refractivity (Wildman–Crippen MR) is 349 cm³/mol. The molecule has 0 aliphatic heterocycles. The van der Waals surface area contributed by atoms with E-state index in [0.717, 1.165) is 77.0 Å². The zero-order chi connectivity index (χ0) is 57.8. The molecule has 0 radical (unpaired) electrons. The molecule has 0 bridgehead atoms. The van der Waals surface area contributed by atoms with Gasteiger partial charge in [0, 0.05) is 19.3 Å². The van der Waals surface area contributed by atoms with Gasteiger partial charge in [0.2, 0.25) is 0 Å². The lowest BCUT2D eigenvalue weighted by Crippen LogP contribution is -2.30. The number of unbranched alkanes of at least 4 members (excludes halogenated alkanes) is 50. The maximum atomic E-state index is 12.9. The van der Waals surface area contributed by atoms with Gasteiger partial charge in [0.15, 0.2) is 6.10 Å². The lowest BCUT2D eigenvalue weighted by molar-refractivity contribution is -0.167. The fraction of sp³-hybridized carbons (Fsp3) is 0.878. The van der Waals surface area contributed by atoms with Crippen LogP contribution >= 0.6 is 0 Å². The van der Waals surface area contributed by atoms with Gasteiger partial charge in [-0.3, -0.25) is 14.4 Å². The summed E-state index contributed by atoms with van der Waals surface area (Å²) in [6.45, 7) is 6.65. The number of rotatable bonds is 67. The second kappa shape index (κ2) is 69.1. The van der Waals surface area contributed by atoms with Crippen LogP contribution < -0.4 is 0 Å². The summed E-state index contributed by atoms with van der Waals surface area (Å²) in [4.78, 5) is 38.4. The van der Waals surface area contributed by atoms with Gasteiger partial charge >= 0.3 is 17.9 Å². The summed E-state index contributed by atoms with van der Waals surface area (Å²) in [5.41, 5.74) is 0. The highest BCUT2D eigenvalue weighted by Gasteiger charge is 2.19. The summed E-state index contributed by atoms with van der Waals surface area (Å²) >= 11 is 0. The van der Waals surface area contributed by atoms with Gasteiger partial charge < -0.3 is 14.2 Å². The molecule has 0 aromatic rings. The quantitative estimate of drug-likeness (QED) is 0.0261. The summed E-state index contributed by atoms with van der Waals surface area (Å²) in [5, 5.41) is 0. The Hall–Kier alpha value is -2.37. The second-order valence-corrected chi connectivity index (χ2v) is 24.5. The number of carbonyl (C=O) groups excluding carboxylic acids is 3. The first kappa shape index (κ1) is 77.6. The molecule has 0 N–H and O–H groups in total. The standard InChI is InChI=1S/C74H138O6/c1-4-7-10-13-16-19-22-25-28-30-31-32-33-34-35-36-37-38-39-40-41-42-43-45-46-49-52-55-58-61-64-67-73(76)79-70-71(69-78-72(75)66-63-60-57-54-51-48-27-24-21-18-15-12-9-6-3)80-74(77)68-65-62-59-56-53-50-47-44-29-26-23-20-17-14-11-8-5-2/h15,18,24,26-27,29,71H,4-14,16-17,19-23,25,28,30-70H2,1-3H3/b18-15-,27-24-,29-26-. The van der Waals surface area contributed by atoms with Crippen molar-refractivity contribution >= 4 is 17.9 Å². The molecule has 6 nitrogen and oxygen atoms in total. The van der Waals surface area contributed by atoms with Crippen LogP contribution in [-0.4, -0.2) is 37.2 Å². The van der Waals surface area contributed by atoms with Gasteiger partial charge in [0.25, 0.3) is 0 Å². The smallest absolute Gasteiger partial charge is 0.306 e. The van der Waals surface area contributed by atoms with Crippen LogP contribution in [-0.2, 0) is 28.6 Å². The predicted octanol–water partition coefficient (Wildman–Crippen LogP) is 24.7. The first-order valence-electron chi connectivity index (χ1n) is 36.0. The molecule has 470 valence electrons. The number of esters is 3. The highest BCUT2D eigenvalue weighted by molar-refractivity contribution is 5.71. The van der Waals surface area contributed by atoms with Crippen LogP contribution in [0.2, 0.25) is 0 Å². The van der Waals surface area contributed by atoms with Crippen LogP contribution in [0.1, 0.15) is 400 Å². The molecule has 1 atom stereocenters. The molecule has 0 spiro atoms. The summed E-state index contributed by atoms with van der Waals surface area (Å²) < 4.78 is 17.0. The van der Waals surface area contributed by atoms with E-state index in [9.17, 15) is 14.4 Å². The molecule has 0 fully saturated rings. The topological polar surface area (TPSA) is 78.9 Å². The molecule has 0 aromatic carbocycles. The Bertz CT molecular complexity index is 1340. The highest BCUT2D eigenvalue weighted by Crippen LogP contribution is 2.19.